The van der Waals surface area contributed by atoms with Gasteiger partial charge >= 0.3 is 0 Å². The quantitative estimate of drug-likeness (QED) is 0.0750. The Kier molecular flexibility index (Phi) is 13.9. The zero-order valence-corrected chi connectivity index (χ0v) is 45.0. The molecule has 11 rings (SSSR count). The molecule has 1 aliphatic carbocycles. The van der Waals surface area contributed by atoms with Gasteiger partial charge in [0.1, 0.15) is 24.8 Å². The molecule has 7 heterocycles. The number of aryl methyl sites for hydroxylation is 1. The van der Waals surface area contributed by atoms with Crippen LogP contribution in [-0.2, 0) is 21.2 Å². The summed E-state index contributed by atoms with van der Waals surface area (Å²) in [6, 6.07) is 15.5. The smallest absolute Gasteiger partial charge is 0.262 e. The van der Waals surface area contributed by atoms with Crippen molar-refractivity contribution in [2.75, 3.05) is 99.8 Å². The highest BCUT2D eigenvalue weighted by molar-refractivity contribution is 9.10. The summed E-state index contributed by atoms with van der Waals surface area (Å²) in [4.78, 5) is 71.6. The minimum Gasteiger partial charge on any atom is -0.494 e. The van der Waals surface area contributed by atoms with Crippen molar-refractivity contribution in [3.8, 4) is 16.9 Å². The molecule has 2 aromatic heterocycles. The standard InChI is InChI=1S/C54H64BrN12O6P/c1-62-32-36(29-57-62)40-27-44(59-54-56-30-42(55)50(61-54)58-43-10-7-35(34-5-6-34)25-48(43)74(3,4)72)47(73-2)28-46(40)66-23-21-65(22-24-66)37-15-17-63(18-16-37)31-33-13-19-64(20-14-33)38-8-9-39-41(26-38)53(71)67(52(39)70)45-11-12-49(68)60-51(45)69/h7-10,25-30,32-34,37,45H,5-6,11-24,31H2,1-4H3,(H,60,68,69)(H2,56,58,59,61). The van der Waals surface area contributed by atoms with E-state index in [0.717, 1.165) is 129 Å². The third-order valence-corrected chi connectivity index (χ3v) is 18.0. The Morgan fingerprint density at radius 1 is 0.784 bits per heavy atom. The summed E-state index contributed by atoms with van der Waals surface area (Å²) in [5.74, 6) is 0.809. The number of piperazine rings is 1. The first kappa shape index (κ1) is 50.0. The van der Waals surface area contributed by atoms with Crippen LogP contribution in [0.25, 0.3) is 11.1 Å². The van der Waals surface area contributed by atoms with Gasteiger partial charge in [-0.15, -0.1) is 0 Å². The lowest BCUT2D eigenvalue weighted by Gasteiger charge is -2.44. The molecule has 3 aromatic carbocycles. The van der Waals surface area contributed by atoms with Gasteiger partial charge in [-0.3, -0.25) is 39.0 Å². The number of aromatic nitrogens is 4. The molecule has 5 aromatic rings. The number of fused-ring (bicyclic) bond motifs is 1. The molecular formula is C54H64BrN12O6P. The van der Waals surface area contributed by atoms with Crippen molar-refractivity contribution in [3.05, 3.63) is 88.3 Å². The number of carbonyl (C=O) groups excluding carboxylic acids is 4. The maximum Gasteiger partial charge on any atom is 0.262 e. The molecule has 4 amide bonds. The number of nitrogens with zero attached hydrogens (tertiary/aromatic N) is 9. The van der Waals surface area contributed by atoms with Gasteiger partial charge in [0.05, 0.1) is 40.3 Å². The number of methoxy groups -OCH3 is 1. The Labute approximate surface area is 440 Å². The van der Waals surface area contributed by atoms with E-state index in [1.54, 1.807) is 25.4 Å². The fourth-order valence-corrected chi connectivity index (χ4v) is 13.1. The molecule has 0 bridgehead atoms. The minimum atomic E-state index is -2.60. The van der Waals surface area contributed by atoms with Gasteiger partial charge in [0.25, 0.3) is 11.8 Å². The molecule has 5 fully saturated rings. The molecule has 0 spiro atoms. The number of benzene rings is 3. The third-order valence-electron chi connectivity index (χ3n) is 15.9. The molecule has 20 heteroatoms. The topological polar surface area (TPSA) is 190 Å². The second kappa shape index (κ2) is 20.5. The Morgan fingerprint density at radius 2 is 1.54 bits per heavy atom. The first-order chi connectivity index (χ1) is 35.7. The molecule has 4 saturated heterocycles. The van der Waals surface area contributed by atoms with Crippen molar-refractivity contribution in [3.63, 3.8) is 0 Å². The number of hydrogen-bond donors (Lipinski definition) is 3. The average molecular weight is 1090 g/mol. The molecule has 1 atom stereocenters. The first-order valence-corrected chi connectivity index (χ1v) is 29.4. The number of amides is 4. The van der Waals surface area contributed by atoms with Crippen LogP contribution in [0.5, 0.6) is 5.75 Å². The number of hydrogen-bond acceptors (Lipinski definition) is 15. The number of nitrogens with one attached hydrogen (secondary N) is 3. The summed E-state index contributed by atoms with van der Waals surface area (Å²) in [5.41, 5.74) is 7.39. The number of piperidine rings is 3. The highest BCUT2D eigenvalue weighted by Gasteiger charge is 2.45. The molecule has 1 unspecified atom stereocenters. The van der Waals surface area contributed by atoms with Crippen LogP contribution in [0.2, 0.25) is 0 Å². The highest BCUT2D eigenvalue weighted by atomic mass is 79.9. The van der Waals surface area contributed by atoms with E-state index < -0.39 is 30.9 Å². The molecule has 5 aliphatic heterocycles. The summed E-state index contributed by atoms with van der Waals surface area (Å²) in [5, 5.41) is 14.5. The summed E-state index contributed by atoms with van der Waals surface area (Å²) in [6.45, 7) is 12.3. The number of ether oxygens (including phenoxy) is 1. The van der Waals surface area contributed by atoms with Crippen LogP contribution in [0.3, 0.4) is 0 Å². The maximum absolute atomic E-state index is 13.5. The maximum atomic E-state index is 13.5. The van der Waals surface area contributed by atoms with Gasteiger partial charge < -0.3 is 34.6 Å². The molecule has 3 N–H and O–H groups in total. The number of rotatable bonds is 14. The third kappa shape index (κ3) is 10.3. The van der Waals surface area contributed by atoms with Crippen LogP contribution >= 0.6 is 23.1 Å². The lowest BCUT2D eigenvalue weighted by Crippen LogP contribution is -2.54. The Morgan fingerprint density at radius 3 is 2.23 bits per heavy atom. The lowest BCUT2D eigenvalue weighted by atomic mass is 9.93. The molecule has 18 nitrogen and oxygen atoms in total. The fourth-order valence-electron chi connectivity index (χ4n) is 11.6. The lowest BCUT2D eigenvalue weighted by molar-refractivity contribution is -0.136. The van der Waals surface area contributed by atoms with Gasteiger partial charge in [0.15, 0.2) is 0 Å². The van der Waals surface area contributed by atoms with Crippen molar-refractivity contribution in [2.45, 2.75) is 69.4 Å². The normalized spacial score (nSPS) is 20.6. The van der Waals surface area contributed by atoms with Gasteiger partial charge in [-0.2, -0.15) is 10.1 Å². The average Bonchev–Trinajstić information content (AvgIpc) is 4.11. The Bertz CT molecular complexity index is 3060. The number of likely N-dealkylation sites (tertiary alicyclic amines) is 1. The summed E-state index contributed by atoms with van der Waals surface area (Å²) >= 11 is 3.64. The summed E-state index contributed by atoms with van der Waals surface area (Å²) in [7, 11) is 1.01. The van der Waals surface area contributed by atoms with Crippen LogP contribution in [-0.4, -0.2) is 150 Å². The molecule has 1 saturated carbocycles. The van der Waals surface area contributed by atoms with Crippen molar-refractivity contribution < 1.29 is 28.5 Å². The van der Waals surface area contributed by atoms with Gasteiger partial charge in [-0.1, -0.05) is 6.07 Å². The number of imide groups is 2. The molecule has 0 radical (unpaired) electrons. The van der Waals surface area contributed by atoms with E-state index in [9.17, 15) is 23.7 Å². The van der Waals surface area contributed by atoms with Crippen molar-refractivity contribution in [1.29, 1.82) is 0 Å². The molecule has 388 valence electrons. The van der Waals surface area contributed by atoms with E-state index in [2.05, 4.69) is 85.8 Å². The van der Waals surface area contributed by atoms with Gasteiger partial charge in [0, 0.05) is 112 Å². The first-order valence-electron chi connectivity index (χ1n) is 26.0. The predicted octanol–water partition coefficient (Wildman–Crippen LogP) is 7.17. The minimum absolute atomic E-state index is 0.0962. The van der Waals surface area contributed by atoms with E-state index in [1.807, 2.05) is 49.6 Å². The van der Waals surface area contributed by atoms with Gasteiger partial charge in [-0.25, -0.2) is 4.98 Å². The Hall–Kier alpha value is -6.14. The van der Waals surface area contributed by atoms with Crippen LogP contribution in [0.1, 0.15) is 83.6 Å². The van der Waals surface area contributed by atoms with Crippen LogP contribution in [0, 0.1) is 5.92 Å². The Balaban J connectivity index is 0.692. The van der Waals surface area contributed by atoms with E-state index in [1.165, 1.54) is 18.4 Å². The summed E-state index contributed by atoms with van der Waals surface area (Å²) < 4.78 is 22.1. The largest absolute Gasteiger partial charge is 0.494 e. The van der Waals surface area contributed by atoms with E-state index in [4.69, 9.17) is 9.72 Å². The van der Waals surface area contributed by atoms with Crippen molar-refractivity contribution in [1.82, 2.24) is 39.8 Å². The van der Waals surface area contributed by atoms with Crippen molar-refractivity contribution >= 4 is 86.5 Å². The fraction of sp³-hybridized carbons (Fsp3) is 0.463. The van der Waals surface area contributed by atoms with Gasteiger partial charge in [0.2, 0.25) is 17.8 Å². The number of halogens is 1. The second-order valence-electron chi connectivity index (χ2n) is 21.2. The SMILES string of the molecule is COc1cc(N2CCN(C3CCN(CC4CCN(c5ccc6c(c5)C(=O)N(C5CCC(=O)NC5=O)C6=O)CC4)CC3)CC2)c(-c2cnn(C)c2)cc1Nc1ncc(Br)c(Nc2ccc(C3CC3)cc2P(C)(C)=O)n1. The van der Waals surface area contributed by atoms with E-state index >= 15 is 0 Å². The zero-order valence-electron chi connectivity index (χ0n) is 42.5. The van der Waals surface area contributed by atoms with Crippen LogP contribution in [0.15, 0.2) is 71.6 Å². The predicted molar refractivity (Wildman–Crippen MR) is 290 cm³/mol. The molecule has 74 heavy (non-hydrogen) atoms. The zero-order chi connectivity index (χ0) is 51.4. The number of carbonyl (C=O) groups is 4. The second-order valence-corrected chi connectivity index (χ2v) is 25.2. The van der Waals surface area contributed by atoms with Gasteiger partial charge in [-0.05, 0) is 141 Å². The summed E-state index contributed by atoms with van der Waals surface area (Å²) in [6.07, 6.45) is 12.6. The molecular weight excluding hydrogens is 1020 g/mol. The van der Waals surface area contributed by atoms with Crippen LogP contribution in [0.4, 0.5) is 34.5 Å². The monoisotopic (exact) mass is 1090 g/mol. The van der Waals surface area contributed by atoms with Crippen LogP contribution < -0.4 is 35.8 Å². The van der Waals surface area contributed by atoms with E-state index in [0.29, 0.717) is 51.0 Å². The van der Waals surface area contributed by atoms with E-state index in [-0.39, 0.29) is 18.7 Å². The molecule has 6 aliphatic rings. The highest BCUT2D eigenvalue weighted by Crippen LogP contribution is 2.45. The van der Waals surface area contributed by atoms with Crippen molar-refractivity contribution in [2.24, 2.45) is 13.0 Å². The number of anilines is 6.